The smallest absolute Gasteiger partial charge is 0.143 e. The standard InChI is InChI=1S/C9H8Br2N2O.ClH/c10-6-3-5(8(13)1-2-12)4-7(11)9(6)14;/h3-4,8,14H,1,13H2;1H/t8-;/m0./s1. The van der Waals surface area contributed by atoms with E-state index in [1.165, 1.54) is 0 Å². The van der Waals surface area contributed by atoms with E-state index in [2.05, 4.69) is 31.9 Å². The Labute approximate surface area is 111 Å². The Morgan fingerprint density at radius 2 is 1.87 bits per heavy atom. The van der Waals surface area contributed by atoms with Crippen LogP contribution in [0.3, 0.4) is 0 Å². The Hall–Kier alpha value is -0.280. The van der Waals surface area contributed by atoms with Gasteiger partial charge in [-0.3, -0.25) is 0 Å². The fourth-order valence-electron chi connectivity index (χ4n) is 1.02. The summed E-state index contributed by atoms with van der Waals surface area (Å²) in [6.45, 7) is 0. The molecule has 0 aliphatic carbocycles. The van der Waals surface area contributed by atoms with Crippen molar-refractivity contribution in [2.24, 2.45) is 5.73 Å². The number of phenols is 1. The molecule has 0 radical (unpaired) electrons. The minimum atomic E-state index is -0.326. The van der Waals surface area contributed by atoms with Gasteiger partial charge in [-0.25, -0.2) is 0 Å². The molecule has 0 unspecified atom stereocenters. The zero-order chi connectivity index (χ0) is 10.7. The van der Waals surface area contributed by atoms with Gasteiger partial charge in [0, 0.05) is 6.04 Å². The number of hydrogen-bond acceptors (Lipinski definition) is 3. The molecule has 0 fully saturated rings. The zero-order valence-electron chi connectivity index (χ0n) is 7.58. The number of benzene rings is 1. The molecule has 0 saturated heterocycles. The third kappa shape index (κ3) is 3.65. The van der Waals surface area contributed by atoms with Crippen LogP contribution in [0, 0.1) is 11.3 Å². The molecule has 15 heavy (non-hydrogen) atoms. The van der Waals surface area contributed by atoms with E-state index in [4.69, 9.17) is 11.0 Å². The average molecular weight is 356 g/mol. The summed E-state index contributed by atoms with van der Waals surface area (Å²) < 4.78 is 1.13. The SMILES string of the molecule is Cl.N#CC[C@H](N)c1cc(Br)c(O)c(Br)c1. The second kappa shape index (κ2) is 6.33. The number of rotatable bonds is 2. The molecule has 1 aromatic carbocycles. The first-order chi connectivity index (χ1) is 6.56. The minimum absolute atomic E-state index is 0. The highest BCUT2D eigenvalue weighted by atomic mass is 79.9. The van der Waals surface area contributed by atoms with Gasteiger partial charge in [-0.15, -0.1) is 12.4 Å². The minimum Gasteiger partial charge on any atom is -0.506 e. The lowest BCUT2D eigenvalue weighted by atomic mass is 10.1. The van der Waals surface area contributed by atoms with Crippen molar-refractivity contribution in [3.8, 4) is 11.8 Å². The molecule has 0 saturated carbocycles. The fourth-order valence-corrected chi connectivity index (χ4v) is 2.24. The molecular weight excluding hydrogens is 347 g/mol. The lowest BCUT2D eigenvalue weighted by molar-refractivity contribution is 0.468. The van der Waals surface area contributed by atoms with E-state index < -0.39 is 0 Å². The van der Waals surface area contributed by atoms with Crippen LogP contribution >= 0.6 is 44.3 Å². The molecule has 1 rings (SSSR count). The van der Waals surface area contributed by atoms with E-state index in [1.807, 2.05) is 6.07 Å². The summed E-state index contributed by atoms with van der Waals surface area (Å²) in [7, 11) is 0. The molecule has 0 heterocycles. The summed E-state index contributed by atoms with van der Waals surface area (Å²) >= 11 is 6.40. The summed E-state index contributed by atoms with van der Waals surface area (Å²) in [4.78, 5) is 0. The molecule has 0 aliphatic rings. The van der Waals surface area contributed by atoms with Crippen molar-refractivity contribution < 1.29 is 5.11 Å². The van der Waals surface area contributed by atoms with Crippen LogP contribution in [-0.2, 0) is 0 Å². The maximum Gasteiger partial charge on any atom is 0.143 e. The molecule has 0 spiro atoms. The van der Waals surface area contributed by atoms with E-state index in [0.717, 1.165) is 5.56 Å². The van der Waals surface area contributed by atoms with Crippen molar-refractivity contribution in [1.82, 2.24) is 0 Å². The Balaban J connectivity index is 0.00000196. The number of phenolic OH excluding ortho intramolecular Hbond substituents is 1. The van der Waals surface area contributed by atoms with Gasteiger partial charge in [0.25, 0.3) is 0 Å². The largest absolute Gasteiger partial charge is 0.506 e. The van der Waals surface area contributed by atoms with Crippen molar-refractivity contribution in [2.45, 2.75) is 12.5 Å². The lowest BCUT2D eigenvalue weighted by Gasteiger charge is -2.10. The summed E-state index contributed by atoms with van der Waals surface area (Å²) in [6.07, 6.45) is 0.254. The van der Waals surface area contributed by atoms with Gasteiger partial charge < -0.3 is 10.8 Å². The number of nitriles is 1. The maximum atomic E-state index is 9.44. The number of halogens is 3. The van der Waals surface area contributed by atoms with Crippen LogP contribution in [0.5, 0.6) is 5.75 Å². The van der Waals surface area contributed by atoms with Crippen molar-refractivity contribution in [3.63, 3.8) is 0 Å². The molecule has 1 atom stereocenters. The van der Waals surface area contributed by atoms with Crippen LogP contribution in [-0.4, -0.2) is 5.11 Å². The summed E-state index contributed by atoms with van der Waals surface area (Å²) in [6, 6.07) is 5.10. The quantitative estimate of drug-likeness (QED) is 0.854. The zero-order valence-corrected chi connectivity index (χ0v) is 11.6. The lowest BCUT2D eigenvalue weighted by Crippen LogP contribution is -2.09. The topological polar surface area (TPSA) is 70.0 Å². The first-order valence-corrected chi connectivity index (χ1v) is 5.45. The van der Waals surface area contributed by atoms with Crippen molar-refractivity contribution in [3.05, 3.63) is 26.6 Å². The van der Waals surface area contributed by atoms with Gasteiger partial charge in [0.05, 0.1) is 21.4 Å². The monoisotopic (exact) mass is 354 g/mol. The van der Waals surface area contributed by atoms with Gasteiger partial charge in [0.2, 0.25) is 0 Å². The molecule has 0 aliphatic heterocycles. The van der Waals surface area contributed by atoms with Crippen LogP contribution in [0.15, 0.2) is 21.1 Å². The highest BCUT2D eigenvalue weighted by Crippen LogP contribution is 2.35. The normalized spacial score (nSPS) is 11.3. The van der Waals surface area contributed by atoms with Crippen LogP contribution in [0.2, 0.25) is 0 Å². The Bertz CT molecular complexity index is 369. The predicted octanol–water partition coefficient (Wildman–Crippen LogP) is 3.25. The Morgan fingerprint density at radius 3 is 2.27 bits per heavy atom. The van der Waals surface area contributed by atoms with Crippen molar-refractivity contribution in [1.29, 1.82) is 5.26 Å². The molecule has 0 bridgehead atoms. The first kappa shape index (κ1) is 14.7. The van der Waals surface area contributed by atoms with Crippen LogP contribution in [0.4, 0.5) is 0 Å². The second-order valence-corrected chi connectivity index (χ2v) is 4.51. The molecule has 6 heteroatoms. The third-order valence-corrected chi connectivity index (χ3v) is 2.99. The van der Waals surface area contributed by atoms with Crippen LogP contribution < -0.4 is 5.73 Å². The molecule has 0 aromatic heterocycles. The molecule has 3 N–H and O–H groups in total. The van der Waals surface area contributed by atoms with Gasteiger partial charge in [-0.2, -0.15) is 5.26 Å². The number of nitrogens with zero attached hydrogens (tertiary/aromatic N) is 1. The molecule has 1 aromatic rings. The van der Waals surface area contributed by atoms with Gasteiger partial charge in [0.1, 0.15) is 5.75 Å². The second-order valence-electron chi connectivity index (χ2n) is 2.80. The van der Waals surface area contributed by atoms with Crippen LogP contribution in [0.1, 0.15) is 18.0 Å². The van der Waals surface area contributed by atoms with E-state index in [-0.39, 0.29) is 30.6 Å². The summed E-state index contributed by atoms with van der Waals surface area (Å²) in [5.41, 5.74) is 6.56. The average Bonchev–Trinajstić information content (AvgIpc) is 2.13. The molecule has 82 valence electrons. The van der Waals surface area contributed by atoms with E-state index in [9.17, 15) is 5.11 Å². The summed E-state index contributed by atoms with van der Waals surface area (Å²) in [5, 5.41) is 17.9. The molecular formula is C9H9Br2ClN2O. The number of nitrogens with two attached hydrogens (primary N) is 1. The van der Waals surface area contributed by atoms with Gasteiger partial charge in [0.15, 0.2) is 0 Å². The highest BCUT2D eigenvalue weighted by Gasteiger charge is 2.10. The number of hydrogen-bond donors (Lipinski definition) is 2. The molecule has 0 amide bonds. The van der Waals surface area contributed by atoms with Gasteiger partial charge in [-0.1, -0.05) is 0 Å². The Kier molecular flexibility index (Phi) is 6.22. The van der Waals surface area contributed by atoms with Crippen LogP contribution in [0.25, 0.3) is 0 Å². The Morgan fingerprint density at radius 1 is 1.40 bits per heavy atom. The molecule has 3 nitrogen and oxygen atoms in total. The van der Waals surface area contributed by atoms with Gasteiger partial charge in [-0.05, 0) is 49.6 Å². The van der Waals surface area contributed by atoms with E-state index in [0.29, 0.717) is 8.95 Å². The first-order valence-electron chi connectivity index (χ1n) is 3.86. The van der Waals surface area contributed by atoms with E-state index in [1.54, 1.807) is 12.1 Å². The van der Waals surface area contributed by atoms with Crippen molar-refractivity contribution in [2.75, 3.05) is 0 Å². The fraction of sp³-hybridized carbons (Fsp3) is 0.222. The van der Waals surface area contributed by atoms with Gasteiger partial charge >= 0.3 is 0 Å². The van der Waals surface area contributed by atoms with Crippen molar-refractivity contribution >= 4 is 44.3 Å². The predicted molar refractivity (Wildman–Crippen MR) is 67.9 cm³/mol. The highest BCUT2D eigenvalue weighted by molar-refractivity contribution is 9.11. The number of aromatic hydroxyl groups is 1. The summed E-state index contributed by atoms with van der Waals surface area (Å²) in [5.74, 6) is 0.137. The third-order valence-electron chi connectivity index (χ3n) is 1.78. The maximum absolute atomic E-state index is 9.44. The van der Waals surface area contributed by atoms with E-state index >= 15 is 0 Å².